The molecule has 1 aromatic rings. The Morgan fingerprint density at radius 2 is 2.10 bits per heavy atom. The van der Waals surface area contributed by atoms with Gasteiger partial charge in [-0.3, -0.25) is 14.9 Å². The molecule has 1 N–H and O–H groups in total. The number of rotatable bonds is 6. The summed E-state index contributed by atoms with van der Waals surface area (Å²) in [6.45, 7) is -1.95. The molecule has 1 amide bonds. The van der Waals surface area contributed by atoms with Crippen LogP contribution in [0, 0.1) is 10.1 Å². The van der Waals surface area contributed by atoms with Crippen LogP contribution in [0.3, 0.4) is 0 Å². The summed E-state index contributed by atoms with van der Waals surface area (Å²) in [5.74, 6) is -0.737. The van der Waals surface area contributed by atoms with Crippen LogP contribution in [0.5, 0.6) is 0 Å². The Bertz CT molecular complexity index is 537. The van der Waals surface area contributed by atoms with E-state index < -0.39 is 29.3 Å². The van der Waals surface area contributed by atoms with Gasteiger partial charge in [0.25, 0.3) is 11.6 Å². The molecule has 0 atom stereocenters. The lowest BCUT2D eigenvalue weighted by molar-refractivity contribution is -0.384. The minimum atomic E-state index is -4.44. The summed E-state index contributed by atoms with van der Waals surface area (Å²) < 4.78 is 39.7. The van der Waals surface area contributed by atoms with Crippen molar-refractivity contribution in [3.05, 3.63) is 38.9 Å². The van der Waals surface area contributed by atoms with Crippen molar-refractivity contribution in [1.82, 2.24) is 5.32 Å². The smallest absolute Gasteiger partial charge is 0.370 e. The molecule has 0 aromatic heterocycles. The summed E-state index contributed by atoms with van der Waals surface area (Å²) in [7, 11) is 0. The molecule has 0 spiro atoms. The summed E-state index contributed by atoms with van der Waals surface area (Å²) in [6, 6.07) is 3.67. The number of amides is 1. The van der Waals surface area contributed by atoms with Crippen LogP contribution in [0.15, 0.2) is 18.2 Å². The molecule has 0 fully saturated rings. The molecular formula is C11H10ClF3N2O4. The van der Waals surface area contributed by atoms with Gasteiger partial charge in [-0.25, -0.2) is 0 Å². The monoisotopic (exact) mass is 326 g/mol. The van der Waals surface area contributed by atoms with Gasteiger partial charge in [0, 0.05) is 12.6 Å². The number of halogens is 4. The first-order chi connectivity index (χ1) is 9.72. The molecule has 0 aliphatic rings. The van der Waals surface area contributed by atoms with Crippen LogP contribution in [-0.4, -0.2) is 36.8 Å². The van der Waals surface area contributed by atoms with E-state index in [2.05, 4.69) is 10.1 Å². The third kappa shape index (κ3) is 5.56. The Balaban J connectivity index is 2.53. The van der Waals surface area contributed by atoms with Gasteiger partial charge in [-0.2, -0.15) is 13.2 Å². The van der Waals surface area contributed by atoms with Gasteiger partial charge in [-0.05, 0) is 6.07 Å². The highest BCUT2D eigenvalue weighted by Gasteiger charge is 2.27. The first kappa shape index (κ1) is 17.2. The van der Waals surface area contributed by atoms with Gasteiger partial charge in [-0.1, -0.05) is 17.7 Å². The van der Waals surface area contributed by atoms with E-state index in [-0.39, 0.29) is 23.7 Å². The second-order valence-electron chi connectivity index (χ2n) is 3.82. The minimum Gasteiger partial charge on any atom is -0.370 e. The van der Waals surface area contributed by atoms with Crippen LogP contribution in [0.2, 0.25) is 5.02 Å². The highest BCUT2D eigenvalue weighted by atomic mass is 35.5. The third-order valence-corrected chi connectivity index (χ3v) is 2.61. The zero-order valence-corrected chi connectivity index (χ0v) is 11.2. The summed E-state index contributed by atoms with van der Waals surface area (Å²) in [6.07, 6.45) is -4.44. The number of carbonyl (C=O) groups is 1. The van der Waals surface area contributed by atoms with Crippen LogP contribution in [0.1, 0.15) is 10.4 Å². The number of nitro groups is 1. The number of nitrogens with zero attached hydrogens (tertiary/aromatic N) is 1. The number of carbonyl (C=O) groups excluding carboxylic acids is 1. The van der Waals surface area contributed by atoms with Crippen molar-refractivity contribution in [2.75, 3.05) is 19.8 Å². The van der Waals surface area contributed by atoms with Gasteiger partial charge < -0.3 is 10.1 Å². The van der Waals surface area contributed by atoms with Crippen molar-refractivity contribution in [3.8, 4) is 0 Å². The Kier molecular flexibility index (Phi) is 5.91. The van der Waals surface area contributed by atoms with Crippen molar-refractivity contribution in [1.29, 1.82) is 0 Å². The van der Waals surface area contributed by atoms with E-state index >= 15 is 0 Å². The highest BCUT2D eigenvalue weighted by Crippen LogP contribution is 2.27. The standard InChI is InChI=1S/C11H10ClF3N2O4/c12-9-7(2-1-3-8(9)17(19)20)10(18)16-4-5-21-6-11(13,14)15/h1-3H,4-6H2,(H,16,18). The Labute approximate surface area is 122 Å². The van der Waals surface area contributed by atoms with Crippen LogP contribution in [-0.2, 0) is 4.74 Å². The molecule has 0 aliphatic carbocycles. The summed E-state index contributed by atoms with van der Waals surface area (Å²) in [5, 5.41) is 12.6. The highest BCUT2D eigenvalue weighted by molar-refractivity contribution is 6.35. The maximum Gasteiger partial charge on any atom is 0.411 e. The van der Waals surface area contributed by atoms with Crippen molar-refractivity contribution >= 4 is 23.2 Å². The number of hydrogen-bond acceptors (Lipinski definition) is 4. The van der Waals surface area contributed by atoms with Crippen LogP contribution >= 0.6 is 11.6 Å². The average Bonchev–Trinajstić information content (AvgIpc) is 2.36. The van der Waals surface area contributed by atoms with E-state index in [1.807, 2.05) is 0 Å². The SMILES string of the molecule is O=C(NCCOCC(F)(F)F)c1cccc([N+](=O)[O-])c1Cl. The van der Waals surface area contributed by atoms with E-state index in [9.17, 15) is 28.1 Å². The number of benzene rings is 1. The van der Waals surface area contributed by atoms with Gasteiger partial charge >= 0.3 is 6.18 Å². The molecule has 116 valence electrons. The Hall–Kier alpha value is -1.87. The lowest BCUT2D eigenvalue weighted by Gasteiger charge is -2.09. The Morgan fingerprint density at radius 1 is 1.43 bits per heavy atom. The van der Waals surface area contributed by atoms with Gasteiger partial charge in [0.15, 0.2) is 0 Å². The predicted molar refractivity (Wildman–Crippen MR) is 67.3 cm³/mol. The first-order valence-corrected chi connectivity index (χ1v) is 5.96. The average molecular weight is 327 g/mol. The lowest BCUT2D eigenvalue weighted by atomic mass is 10.2. The van der Waals surface area contributed by atoms with Crippen LogP contribution in [0.25, 0.3) is 0 Å². The molecule has 1 rings (SSSR count). The molecule has 0 saturated carbocycles. The second-order valence-corrected chi connectivity index (χ2v) is 4.20. The van der Waals surface area contributed by atoms with Crippen molar-refractivity contribution in [2.45, 2.75) is 6.18 Å². The van der Waals surface area contributed by atoms with Crippen molar-refractivity contribution < 1.29 is 27.6 Å². The fraction of sp³-hybridized carbons (Fsp3) is 0.364. The number of nitro benzene ring substituents is 1. The molecule has 1 aromatic carbocycles. The first-order valence-electron chi connectivity index (χ1n) is 5.58. The van der Waals surface area contributed by atoms with E-state index in [1.54, 1.807) is 0 Å². The molecular weight excluding hydrogens is 317 g/mol. The van der Waals surface area contributed by atoms with E-state index in [4.69, 9.17) is 11.6 Å². The Morgan fingerprint density at radius 3 is 2.67 bits per heavy atom. The minimum absolute atomic E-state index is 0.137. The number of alkyl halides is 3. The molecule has 0 bridgehead atoms. The van der Waals surface area contributed by atoms with Gasteiger partial charge in [0.1, 0.15) is 11.6 Å². The third-order valence-electron chi connectivity index (χ3n) is 2.22. The van der Waals surface area contributed by atoms with Crippen molar-refractivity contribution in [2.24, 2.45) is 0 Å². The topological polar surface area (TPSA) is 81.5 Å². The fourth-order valence-corrected chi connectivity index (χ4v) is 1.64. The molecule has 0 aliphatic heterocycles. The summed E-state index contributed by atoms with van der Waals surface area (Å²) in [4.78, 5) is 21.6. The summed E-state index contributed by atoms with van der Waals surface area (Å²) >= 11 is 5.72. The second kappa shape index (κ2) is 7.23. The zero-order chi connectivity index (χ0) is 16.0. The molecule has 0 saturated heterocycles. The molecule has 0 radical (unpaired) electrons. The zero-order valence-electron chi connectivity index (χ0n) is 10.4. The van der Waals surface area contributed by atoms with Gasteiger partial charge in [0.05, 0.1) is 17.1 Å². The maximum absolute atomic E-state index is 11.8. The normalized spacial score (nSPS) is 11.2. The molecule has 10 heteroatoms. The number of hydrogen-bond donors (Lipinski definition) is 1. The molecule has 0 unspecified atom stereocenters. The maximum atomic E-state index is 11.8. The van der Waals surface area contributed by atoms with Gasteiger partial charge in [-0.15, -0.1) is 0 Å². The van der Waals surface area contributed by atoms with E-state index in [0.717, 1.165) is 6.07 Å². The lowest BCUT2D eigenvalue weighted by Crippen LogP contribution is -2.29. The quantitative estimate of drug-likeness (QED) is 0.495. The van der Waals surface area contributed by atoms with Crippen LogP contribution < -0.4 is 5.32 Å². The number of nitrogens with one attached hydrogen (secondary N) is 1. The fourth-order valence-electron chi connectivity index (χ4n) is 1.36. The number of ether oxygens (including phenoxy) is 1. The van der Waals surface area contributed by atoms with Crippen molar-refractivity contribution in [3.63, 3.8) is 0 Å². The van der Waals surface area contributed by atoms with Gasteiger partial charge in [0.2, 0.25) is 0 Å². The summed E-state index contributed by atoms with van der Waals surface area (Å²) in [5.41, 5.74) is -0.570. The predicted octanol–water partition coefficient (Wildman–Crippen LogP) is 2.56. The van der Waals surface area contributed by atoms with Crippen LogP contribution in [0.4, 0.5) is 18.9 Å². The molecule has 0 heterocycles. The van der Waals surface area contributed by atoms with E-state index in [0.29, 0.717) is 0 Å². The van der Waals surface area contributed by atoms with E-state index in [1.165, 1.54) is 12.1 Å². The molecule has 6 nitrogen and oxygen atoms in total. The molecule has 21 heavy (non-hydrogen) atoms. The largest absolute Gasteiger partial charge is 0.411 e.